The monoisotopic (exact) mass is 303 g/mol. The molecule has 0 fully saturated rings. The molecule has 0 bridgehead atoms. The quantitative estimate of drug-likeness (QED) is 0.760. The Hall–Kier alpha value is -2.21. The van der Waals surface area contributed by atoms with Crippen LogP contribution in [-0.4, -0.2) is 24.3 Å². The molecule has 0 amide bonds. The fourth-order valence-electron chi connectivity index (χ4n) is 2.50. The molecule has 0 saturated carbocycles. The molecule has 0 aliphatic heterocycles. The second-order valence-corrected chi connectivity index (χ2v) is 5.88. The number of hydrogen-bond donors (Lipinski definition) is 2. The molecule has 3 heterocycles. The zero-order valence-electron chi connectivity index (χ0n) is 11.7. The van der Waals surface area contributed by atoms with Crippen molar-refractivity contribution in [3.8, 4) is 22.2 Å². The lowest BCUT2D eigenvalue weighted by molar-refractivity contribution is 0.367. The van der Waals surface area contributed by atoms with Crippen molar-refractivity contribution < 1.29 is 10.2 Å². The van der Waals surface area contributed by atoms with Crippen molar-refractivity contribution in [2.24, 2.45) is 0 Å². The lowest BCUT2D eigenvalue weighted by Crippen LogP contribution is -2.04. The molecular formula is C15H17N3O2S. The Morgan fingerprint density at radius 3 is 2.81 bits per heavy atom. The third kappa shape index (κ3) is 2.54. The first-order valence-electron chi connectivity index (χ1n) is 6.79. The van der Waals surface area contributed by atoms with Crippen LogP contribution >= 0.6 is 11.3 Å². The average Bonchev–Trinajstić information content (AvgIpc) is 3.20. The number of hydrogen-bond acceptors (Lipinski definition) is 4. The maximum Gasteiger partial charge on any atom is 0.235 e. The molecule has 21 heavy (non-hydrogen) atoms. The molecule has 0 saturated heterocycles. The van der Waals surface area contributed by atoms with Crippen LogP contribution in [0.2, 0.25) is 0 Å². The Kier molecular flexibility index (Phi) is 3.70. The second-order valence-electron chi connectivity index (χ2n) is 4.93. The van der Waals surface area contributed by atoms with E-state index in [1.807, 2.05) is 35.2 Å². The Bertz CT molecular complexity index is 715. The highest BCUT2D eigenvalue weighted by molar-refractivity contribution is 7.13. The molecular weight excluding hydrogens is 286 g/mol. The highest BCUT2D eigenvalue weighted by Gasteiger charge is 2.20. The summed E-state index contributed by atoms with van der Waals surface area (Å²) in [5, 5.41) is 22.2. The number of rotatable bonds is 5. The number of aromatic hydroxyl groups is 2. The van der Waals surface area contributed by atoms with Gasteiger partial charge < -0.3 is 19.3 Å². The number of aromatic nitrogens is 3. The molecule has 0 radical (unpaired) electrons. The van der Waals surface area contributed by atoms with Crippen LogP contribution in [-0.2, 0) is 13.1 Å². The minimum absolute atomic E-state index is 0.0268. The topological polar surface area (TPSA) is 63.2 Å². The van der Waals surface area contributed by atoms with Crippen LogP contribution in [0.15, 0.2) is 36.2 Å². The highest BCUT2D eigenvalue weighted by atomic mass is 32.1. The smallest absolute Gasteiger partial charge is 0.235 e. The molecule has 0 unspecified atom stereocenters. The maximum absolute atomic E-state index is 10.2. The Balaban J connectivity index is 1.85. The van der Waals surface area contributed by atoms with E-state index in [1.54, 1.807) is 28.4 Å². The zero-order chi connectivity index (χ0) is 14.8. The fourth-order valence-corrected chi connectivity index (χ4v) is 3.33. The van der Waals surface area contributed by atoms with Gasteiger partial charge >= 0.3 is 0 Å². The van der Waals surface area contributed by atoms with Crippen LogP contribution in [0.25, 0.3) is 10.6 Å². The predicted octanol–water partition coefficient (Wildman–Crippen LogP) is 3.22. The Morgan fingerprint density at radius 1 is 1.29 bits per heavy atom. The van der Waals surface area contributed by atoms with E-state index in [0.717, 1.165) is 29.1 Å². The van der Waals surface area contributed by atoms with Crippen molar-refractivity contribution in [3.63, 3.8) is 0 Å². The average molecular weight is 303 g/mol. The predicted molar refractivity (Wildman–Crippen MR) is 82.7 cm³/mol. The van der Waals surface area contributed by atoms with Crippen molar-refractivity contribution in [1.29, 1.82) is 0 Å². The number of imidazole rings is 1. The molecule has 0 spiro atoms. The van der Waals surface area contributed by atoms with Gasteiger partial charge in [0.15, 0.2) is 5.75 Å². The third-order valence-electron chi connectivity index (χ3n) is 3.56. The molecule has 3 aromatic heterocycles. The minimum Gasteiger partial charge on any atom is -0.503 e. The summed E-state index contributed by atoms with van der Waals surface area (Å²) < 4.78 is 3.78. The van der Waals surface area contributed by atoms with Gasteiger partial charge in [0.05, 0.1) is 16.9 Å². The number of nitrogens with zero attached hydrogens (tertiary/aromatic N) is 3. The van der Waals surface area contributed by atoms with Crippen molar-refractivity contribution in [2.45, 2.75) is 26.4 Å². The fraction of sp³-hybridized carbons (Fsp3) is 0.267. The van der Waals surface area contributed by atoms with Gasteiger partial charge in [-0.1, -0.05) is 6.07 Å². The minimum atomic E-state index is -0.0541. The summed E-state index contributed by atoms with van der Waals surface area (Å²) in [6.07, 6.45) is 6.28. The van der Waals surface area contributed by atoms with Gasteiger partial charge in [-0.2, -0.15) is 0 Å². The first-order chi connectivity index (χ1) is 10.2. The van der Waals surface area contributed by atoms with E-state index in [2.05, 4.69) is 4.98 Å². The molecule has 0 aromatic carbocycles. The van der Waals surface area contributed by atoms with Gasteiger partial charge in [0.1, 0.15) is 0 Å². The standard InChI is InChI=1S/C15H17N3O2S/c1-11-13(12-4-2-9-21-12)18(15(20)14(11)19)7-3-6-17-8-5-16-10-17/h2,4-5,8-10,19-20H,3,6-7H2,1H3. The van der Waals surface area contributed by atoms with Crippen molar-refractivity contribution in [3.05, 3.63) is 41.8 Å². The summed E-state index contributed by atoms with van der Waals surface area (Å²) in [5.74, 6) is -0.0810. The van der Waals surface area contributed by atoms with Gasteiger partial charge in [0.25, 0.3) is 0 Å². The van der Waals surface area contributed by atoms with E-state index in [-0.39, 0.29) is 11.6 Å². The summed E-state index contributed by atoms with van der Waals surface area (Å²) in [4.78, 5) is 5.06. The lowest BCUT2D eigenvalue weighted by Gasteiger charge is -2.10. The van der Waals surface area contributed by atoms with E-state index < -0.39 is 0 Å². The SMILES string of the molecule is Cc1c(O)c(O)n(CCCn2ccnc2)c1-c1cccs1. The summed E-state index contributed by atoms with van der Waals surface area (Å²) in [7, 11) is 0. The van der Waals surface area contributed by atoms with Crippen LogP contribution in [0, 0.1) is 6.92 Å². The van der Waals surface area contributed by atoms with Gasteiger partial charge in [-0.05, 0) is 24.8 Å². The van der Waals surface area contributed by atoms with Gasteiger partial charge in [-0.25, -0.2) is 4.98 Å². The zero-order valence-corrected chi connectivity index (χ0v) is 12.5. The molecule has 0 aliphatic rings. The first-order valence-corrected chi connectivity index (χ1v) is 7.67. The molecule has 6 heteroatoms. The van der Waals surface area contributed by atoms with Gasteiger partial charge in [-0.15, -0.1) is 11.3 Å². The van der Waals surface area contributed by atoms with E-state index in [1.165, 1.54) is 0 Å². The Morgan fingerprint density at radius 2 is 2.14 bits per heavy atom. The summed E-state index contributed by atoms with van der Waals surface area (Å²) in [5.41, 5.74) is 1.61. The molecule has 2 N–H and O–H groups in total. The van der Waals surface area contributed by atoms with E-state index >= 15 is 0 Å². The summed E-state index contributed by atoms with van der Waals surface area (Å²) >= 11 is 1.60. The molecule has 3 aromatic rings. The normalized spacial score (nSPS) is 11.1. The van der Waals surface area contributed by atoms with Crippen molar-refractivity contribution in [1.82, 2.24) is 14.1 Å². The maximum atomic E-state index is 10.2. The number of thiophene rings is 1. The van der Waals surface area contributed by atoms with Crippen LogP contribution in [0.4, 0.5) is 0 Å². The molecule has 5 nitrogen and oxygen atoms in total. The van der Waals surface area contributed by atoms with Crippen LogP contribution in [0.3, 0.4) is 0 Å². The van der Waals surface area contributed by atoms with Gasteiger partial charge in [-0.3, -0.25) is 0 Å². The summed E-state index contributed by atoms with van der Waals surface area (Å²) in [6.45, 7) is 3.29. The first kappa shape index (κ1) is 13.8. The number of aryl methyl sites for hydroxylation is 1. The van der Waals surface area contributed by atoms with Crippen molar-refractivity contribution in [2.75, 3.05) is 0 Å². The molecule has 0 atom stereocenters. The third-order valence-corrected chi connectivity index (χ3v) is 4.44. The summed E-state index contributed by atoms with van der Waals surface area (Å²) in [6, 6.07) is 3.97. The van der Waals surface area contributed by atoms with Crippen LogP contribution in [0.5, 0.6) is 11.6 Å². The van der Waals surface area contributed by atoms with E-state index in [9.17, 15) is 10.2 Å². The lowest BCUT2D eigenvalue weighted by atomic mass is 10.2. The van der Waals surface area contributed by atoms with Crippen LogP contribution < -0.4 is 0 Å². The van der Waals surface area contributed by atoms with E-state index in [0.29, 0.717) is 6.54 Å². The molecule has 3 rings (SSSR count). The second kappa shape index (κ2) is 5.65. The van der Waals surface area contributed by atoms with Crippen LogP contribution in [0.1, 0.15) is 12.0 Å². The molecule has 110 valence electrons. The van der Waals surface area contributed by atoms with Gasteiger partial charge in [0.2, 0.25) is 5.88 Å². The van der Waals surface area contributed by atoms with E-state index in [4.69, 9.17) is 0 Å². The van der Waals surface area contributed by atoms with Gasteiger partial charge in [0, 0.05) is 31.0 Å². The largest absolute Gasteiger partial charge is 0.503 e. The Labute approximate surface area is 126 Å². The molecule has 0 aliphatic carbocycles. The highest BCUT2D eigenvalue weighted by Crippen LogP contribution is 2.41. The van der Waals surface area contributed by atoms with Crippen molar-refractivity contribution >= 4 is 11.3 Å².